The summed E-state index contributed by atoms with van der Waals surface area (Å²) < 4.78 is 33.7. The molecule has 0 aromatic heterocycles. The molecule has 0 fully saturated rings. The van der Waals surface area contributed by atoms with Crippen LogP contribution in [0.5, 0.6) is 0 Å². The molecule has 0 aromatic carbocycles. The summed E-state index contributed by atoms with van der Waals surface area (Å²) in [7, 11) is 0. The first-order valence-electron chi connectivity index (χ1n) is 2.12. The number of isocyanates is 1. The Kier molecular flexibility index (Phi) is 2.76. The number of Topliss-reactive ketones (excluding diaryl/α,β-unsaturated/α-hetero) is 1. The smallest absolute Gasteiger partial charge is 0.287 e. The normalized spacial score (nSPS) is 10.3. The Hall–Kier alpha value is -1.16. The average molecular weight is 153 g/mol. The summed E-state index contributed by atoms with van der Waals surface area (Å²) in [4.78, 5) is 21.5. The molecule has 56 valence electrons. The van der Waals surface area contributed by atoms with Crippen molar-refractivity contribution in [2.45, 2.75) is 6.18 Å². The Morgan fingerprint density at radius 1 is 1.50 bits per heavy atom. The van der Waals surface area contributed by atoms with E-state index in [1.165, 1.54) is 0 Å². The van der Waals surface area contributed by atoms with Crippen LogP contribution in [0.25, 0.3) is 0 Å². The van der Waals surface area contributed by atoms with Crippen LogP contribution in [0.4, 0.5) is 13.2 Å². The fourth-order valence-electron chi connectivity index (χ4n) is 0.194. The van der Waals surface area contributed by atoms with Crippen LogP contribution in [0, 0.1) is 0 Å². The van der Waals surface area contributed by atoms with Crippen molar-refractivity contribution in [2.24, 2.45) is 4.99 Å². The summed E-state index contributed by atoms with van der Waals surface area (Å²) in [5.74, 6) is -2.05. The fraction of sp³-hybridized carbons (Fsp3) is 0.500. The third kappa shape index (κ3) is 2.99. The van der Waals surface area contributed by atoms with Crippen LogP contribution in [0.2, 0.25) is 0 Å². The molecule has 0 unspecified atom stereocenters. The average Bonchev–Trinajstić information content (AvgIpc) is 1.80. The molecule has 3 nitrogen and oxygen atoms in total. The summed E-state index contributed by atoms with van der Waals surface area (Å²) in [6.45, 7) is -1.17. The van der Waals surface area contributed by atoms with Gasteiger partial charge in [0.1, 0.15) is 6.54 Å². The number of halogens is 3. The van der Waals surface area contributed by atoms with Crippen LogP contribution in [-0.2, 0) is 9.59 Å². The van der Waals surface area contributed by atoms with Gasteiger partial charge in [0.05, 0.1) is 0 Å². The predicted molar refractivity (Wildman–Crippen MR) is 24.1 cm³/mol. The molecule has 0 saturated heterocycles. The number of rotatable bonds is 2. The monoisotopic (exact) mass is 153 g/mol. The highest BCUT2D eigenvalue weighted by Gasteiger charge is 2.37. The molecule has 0 rings (SSSR count). The van der Waals surface area contributed by atoms with Gasteiger partial charge in [-0.05, 0) is 0 Å². The predicted octanol–water partition coefficient (Wildman–Crippen LogP) is 0.454. The second-order valence-corrected chi connectivity index (χ2v) is 1.33. The van der Waals surface area contributed by atoms with Crippen molar-refractivity contribution in [3.63, 3.8) is 0 Å². The minimum absolute atomic E-state index is 0.825. The molecule has 0 amide bonds. The van der Waals surface area contributed by atoms with Crippen molar-refractivity contribution in [2.75, 3.05) is 6.54 Å². The third-order valence-corrected chi connectivity index (χ3v) is 0.603. The molecular formula is C4H2F3NO2. The molecule has 0 spiro atoms. The summed E-state index contributed by atoms with van der Waals surface area (Å²) in [6, 6.07) is 0. The van der Waals surface area contributed by atoms with Gasteiger partial charge in [0.15, 0.2) is 0 Å². The number of nitrogens with zero attached hydrogens (tertiary/aromatic N) is 1. The van der Waals surface area contributed by atoms with Gasteiger partial charge in [0, 0.05) is 0 Å². The molecule has 6 heteroatoms. The van der Waals surface area contributed by atoms with Crippen LogP contribution in [0.15, 0.2) is 4.99 Å². The molecule has 0 atom stereocenters. The first-order chi connectivity index (χ1) is 4.48. The van der Waals surface area contributed by atoms with E-state index in [-0.39, 0.29) is 0 Å². The van der Waals surface area contributed by atoms with Crippen LogP contribution in [-0.4, -0.2) is 24.6 Å². The lowest BCUT2D eigenvalue weighted by atomic mass is 10.4. The zero-order valence-corrected chi connectivity index (χ0v) is 4.60. The topological polar surface area (TPSA) is 46.5 Å². The van der Waals surface area contributed by atoms with E-state index >= 15 is 0 Å². The van der Waals surface area contributed by atoms with E-state index in [4.69, 9.17) is 0 Å². The van der Waals surface area contributed by atoms with Gasteiger partial charge in [-0.25, -0.2) is 4.79 Å². The lowest BCUT2D eigenvalue weighted by molar-refractivity contribution is -0.169. The molecule has 0 radical (unpaired) electrons. The van der Waals surface area contributed by atoms with E-state index in [0.29, 0.717) is 0 Å². The van der Waals surface area contributed by atoms with E-state index in [1.807, 2.05) is 0 Å². The maximum atomic E-state index is 11.2. The van der Waals surface area contributed by atoms with Gasteiger partial charge in [-0.15, -0.1) is 0 Å². The Labute approximate surface area is 53.5 Å². The molecule has 0 bridgehead atoms. The van der Waals surface area contributed by atoms with Crippen molar-refractivity contribution >= 4 is 11.9 Å². The van der Waals surface area contributed by atoms with Gasteiger partial charge in [0.2, 0.25) is 6.08 Å². The molecule has 0 N–H and O–H groups in total. The summed E-state index contributed by atoms with van der Waals surface area (Å²) in [5.41, 5.74) is 0. The Morgan fingerprint density at radius 2 is 2.00 bits per heavy atom. The van der Waals surface area contributed by atoms with Gasteiger partial charge in [-0.1, -0.05) is 0 Å². The number of carbonyl (C=O) groups excluding carboxylic acids is 2. The van der Waals surface area contributed by atoms with Gasteiger partial charge in [-0.2, -0.15) is 18.2 Å². The van der Waals surface area contributed by atoms with Crippen LogP contribution < -0.4 is 0 Å². The number of hydrogen-bond acceptors (Lipinski definition) is 3. The zero-order valence-electron chi connectivity index (χ0n) is 4.60. The van der Waals surface area contributed by atoms with Crippen molar-refractivity contribution in [1.82, 2.24) is 0 Å². The summed E-state index contributed by atoms with van der Waals surface area (Å²) in [5, 5.41) is 0. The fourth-order valence-corrected chi connectivity index (χ4v) is 0.194. The second kappa shape index (κ2) is 3.12. The van der Waals surface area contributed by atoms with Gasteiger partial charge >= 0.3 is 6.18 Å². The largest absolute Gasteiger partial charge is 0.452 e. The molecule has 0 aliphatic rings. The van der Waals surface area contributed by atoms with Crippen LogP contribution >= 0.6 is 0 Å². The second-order valence-electron chi connectivity index (χ2n) is 1.33. The quantitative estimate of drug-likeness (QED) is 0.427. The van der Waals surface area contributed by atoms with Crippen LogP contribution in [0.1, 0.15) is 0 Å². The zero-order chi connectivity index (χ0) is 8.20. The first-order valence-corrected chi connectivity index (χ1v) is 2.12. The highest BCUT2D eigenvalue weighted by atomic mass is 19.4. The number of hydrogen-bond donors (Lipinski definition) is 0. The molecular weight excluding hydrogens is 151 g/mol. The highest BCUT2D eigenvalue weighted by molar-refractivity contribution is 5.86. The maximum Gasteiger partial charge on any atom is 0.452 e. The van der Waals surface area contributed by atoms with E-state index in [0.717, 1.165) is 6.08 Å². The maximum absolute atomic E-state index is 11.2. The number of alkyl halides is 3. The molecule has 0 aromatic rings. The van der Waals surface area contributed by atoms with Crippen molar-refractivity contribution in [1.29, 1.82) is 0 Å². The number of aliphatic imine (C=N–C) groups is 1. The molecule has 0 heterocycles. The molecule has 10 heavy (non-hydrogen) atoms. The third-order valence-electron chi connectivity index (χ3n) is 0.603. The lowest BCUT2D eigenvalue weighted by Crippen LogP contribution is -2.24. The van der Waals surface area contributed by atoms with Crippen molar-refractivity contribution < 1.29 is 22.8 Å². The van der Waals surface area contributed by atoms with Gasteiger partial charge in [0.25, 0.3) is 5.78 Å². The number of ketones is 1. The van der Waals surface area contributed by atoms with E-state index in [1.54, 1.807) is 0 Å². The summed E-state index contributed by atoms with van der Waals surface area (Å²) >= 11 is 0. The highest BCUT2D eigenvalue weighted by Crippen LogP contribution is 2.15. The number of carbonyl (C=O) groups is 1. The van der Waals surface area contributed by atoms with E-state index in [2.05, 4.69) is 4.99 Å². The Bertz CT molecular complexity index is 179. The lowest BCUT2D eigenvalue weighted by Gasteiger charge is -1.99. The van der Waals surface area contributed by atoms with Gasteiger partial charge < -0.3 is 0 Å². The Morgan fingerprint density at radius 3 is 2.30 bits per heavy atom. The van der Waals surface area contributed by atoms with Gasteiger partial charge in [-0.3, -0.25) is 4.79 Å². The van der Waals surface area contributed by atoms with Crippen molar-refractivity contribution in [3.05, 3.63) is 0 Å². The van der Waals surface area contributed by atoms with Crippen molar-refractivity contribution in [3.8, 4) is 0 Å². The minimum atomic E-state index is -4.90. The van der Waals surface area contributed by atoms with E-state index in [9.17, 15) is 22.8 Å². The standard InChI is InChI=1S/C4H2F3NO2/c5-4(6,7)3(10)1-8-2-9/h1H2. The summed E-state index contributed by atoms with van der Waals surface area (Å²) in [6.07, 6.45) is -4.08. The minimum Gasteiger partial charge on any atom is -0.287 e. The SMILES string of the molecule is O=C=NCC(=O)C(F)(F)F. The first kappa shape index (κ1) is 8.84. The molecule has 0 aliphatic carbocycles. The molecule has 0 aliphatic heterocycles. The van der Waals surface area contributed by atoms with E-state index < -0.39 is 18.5 Å². The van der Waals surface area contributed by atoms with Crippen LogP contribution in [0.3, 0.4) is 0 Å². The molecule has 0 saturated carbocycles. The Balaban J connectivity index is 3.98.